The molecule has 1 amide bonds. The summed E-state index contributed by atoms with van der Waals surface area (Å²) in [6, 6.07) is 4.32. The molecule has 1 aliphatic heterocycles. The van der Waals surface area contributed by atoms with Gasteiger partial charge in [0.1, 0.15) is 5.82 Å². The van der Waals surface area contributed by atoms with E-state index in [9.17, 15) is 9.18 Å². The van der Waals surface area contributed by atoms with Crippen LogP contribution < -0.4 is 10.6 Å². The Hall–Kier alpha value is -1.13. The van der Waals surface area contributed by atoms with Crippen LogP contribution in [0.5, 0.6) is 0 Å². The van der Waals surface area contributed by atoms with E-state index in [2.05, 4.69) is 10.6 Å². The van der Waals surface area contributed by atoms with Crippen LogP contribution in [0.2, 0.25) is 5.02 Å². The summed E-state index contributed by atoms with van der Waals surface area (Å²) in [5.74, 6) is -0.350. The van der Waals surface area contributed by atoms with Crippen molar-refractivity contribution in [1.82, 2.24) is 5.32 Å². The molecule has 1 fully saturated rings. The van der Waals surface area contributed by atoms with E-state index in [0.717, 1.165) is 13.1 Å². The molecule has 1 aliphatic rings. The van der Waals surface area contributed by atoms with Gasteiger partial charge in [0.25, 0.3) is 0 Å². The Morgan fingerprint density at radius 1 is 1.56 bits per heavy atom. The molecule has 0 radical (unpaired) electrons. The van der Waals surface area contributed by atoms with Crippen LogP contribution in [0.1, 0.15) is 6.42 Å². The topological polar surface area (TPSA) is 41.1 Å². The number of hydrogen-bond acceptors (Lipinski definition) is 2. The molecule has 86 valence electrons. The number of benzene rings is 1. The minimum atomic E-state index is -0.507. The Morgan fingerprint density at radius 2 is 2.31 bits per heavy atom. The van der Waals surface area contributed by atoms with Gasteiger partial charge in [0.2, 0.25) is 5.91 Å². The molecular formula is C11H12ClFN2O. The lowest BCUT2D eigenvalue weighted by Crippen LogP contribution is -2.43. The largest absolute Gasteiger partial charge is 0.322 e. The molecule has 1 aromatic rings. The van der Waals surface area contributed by atoms with Gasteiger partial charge in [-0.15, -0.1) is 0 Å². The first-order valence-corrected chi connectivity index (χ1v) is 5.49. The van der Waals surface area contributed by atoms with Gasteiger partial charge in [-0.2, -0.15) is 0 Å². The number of hydrogen-bond donors (Lipinski definition) is 2. The van der Waals surface area contributed by atoms with Crippen molar-refractivity contribution < 1.29 is 9.18 Å². The predicted octanol–water partition coefficient (Wildman–Crippen LogP) is 2.03. The SMILES string of the molecule is O=C(CC1CNC1)Nc1c(F)cccc1Cl. The van der Waals surface area contributed by atoms with Crippen LogP contribution in [0.4, 0.5) is 10.1 Å². The standard InChI is InChI=1S/C11H12ClFN2O/c12-8-2-1-3-9(13)11(8)15-10(16)4-7-5-14-6-7/h1-3,7,14H,4-6H2,(H,15,16). The quantitative estimate of drug-likeness (QED) is 0.852. The predicted molar refractivity (Wildman–Crippen MR) is 61.0 cm³/mol. The highest BCUT2D eigenvalue weighted by Crippen LogP contribution is 2.25. The van der Waals surface area contributed by atoms with Crippen molar-refractivity contribution in [3.63, 3.8) is 0 Å². The van der Waals surface area contributed by atoms with Gasteiger partial charge in [0.05, 0.1) is 10.7 Å². The van der Waals surface area contributed by atoms with E-state index in [1.165, 1.54) is 12.1 Å². The molecule has 2 rings (SSSR count). The lowest BCUT2D eigenvalue weighted by molar-refractivity contribution is -0.117. The number of nitrogens with one attached hydrogen (secondary N) is 2. The average Bonchev–Trinajstić information content (AvgIpc) is 2.18. The summed E-state index contributed by atoms with van der Waals surface area (Å²) >= 11 is 5.79. The third-order valence-electron chi connectivity index (χ3n) is 2.57. The third kappa shape index (κ3) is 2.51. The van der Waals surface area contributed by atoms with Gasteiger partial charge in [-0.3, -0.25) is 4.79 Å². The molecular weight excluding hydrogens is 231 g/mol. The highest BCUT2D eigenvalue weighted by atomic mass is 35.5. The van der Waals surface area contributed by atoms with Crippen LogP contribution in [0.3, 0.4) is 0 Å². The molecule has 16 heavy (non-hydrogen) atoms. The fraction of sp³-hybridized carbons (Fsp3) is 0.364. The Balaban J connectivity index is 1.99. The third-order valence-corrected chi connectivity index (χ3v) is 2.88. The van der Waals surface area contributed by atoms with Gasteiger partial charge in [-0.1, -0.05) is 17.7 Å². The summed E-state index contributed by atoms with van der Waals surface area (Å²) in [7, 11) is 0. The van der Waals surface area contributed by atoms with Crippen LogP contribution in [-0.2, 0) is 4.79 Å². The maximum Gasteiger partial charge on any atom is 0.224 e. The molecule has 0 aromatic heterocycles. The number of amides is 1. The molecule has 1 saturated heterocycles. The van der Waals surface area contributed by atoms with Crippen LogP contribution in [-0.4, -0.2) is 19.0 Å². The second kappa shape index (κ2) is 4.80. The number of carbonyl (C=O) groups excluding carboxylic acids is 1. The van der Waals surface area contributed by atoms with Crippen molar-refractivity contribution >= 4 is 23.2 Å². The molecule has 1 heterocycles. The fourth-order valence-electron chi connectivity index (χ4n) is 1.56. The maximum absolute atomic E-state index is 13.3. The Morgan fingerprint density at radius 3 is 2.88 bits per heavy atom. The molecule has 1 aromatic carbocycles. The molecule has 2 N–H and O–H groups in total. The molecule has 3 nitrogen and oxygen atoms in total. The summed E-state index contributed by atoms with van der Waals surface area (Å²) in [5, 5.41) is 5.80. The van der Waals surface area contributed by atoms with E-state index in [-0.39, 0.29) is 16.6 Å². The summed E-state index contributed by atoms with van der Waals surface area (Å²) in [6.45, 7) is 1.69. The Bertz CT molecular complexity index is 387. The van der Waals surface area contributed by atoms with E-state index >= 15 is 0 Å². The normalized spacial score (nSPS) is 15.6. The number of anilines is 1. The van der Waals surface area contributed by atoms with E-state index in [4.69, 9.17) is 11.6 Å². The Kier molecular flexibility index (Phi) is 3.41. The zero-order valence-electron chi connectivity index (χ0n) is 8.59. The minimum Gasteiger partial charge on any atom is -0.322 e. The van der Waals surface area contributed by atoms with E-state index in [1.54, 1.807) is 6.07 Å². The fourth-order valence-corrected chi connectivity index (χ4v) is 1.77. The van der Waals surface area contributed by atoms with Gasteiger partial charge >= 0.3 is 0 Å². The molecule has 5 heteroatoms. The average molecular weight is 243 g/mol. The first-order valence-electron chi connectivity index (χ1n) is 5.11. The number of carbonyl (C=O) groups is 1. The van der Waals surface area contributed by atoms with Crippen molar-refractivity contribution in [2.75, 3.05) is 18.4 Å². The van der Waals surface area contributed by atoms with E-state index in [0.29, 0.717) is 12.3 Å². The Labute approximate surface area is 98.0 Å². The van der Waals surface area contributed by atoms with Gasteiger partial charge in [-0.05, 0) is 31.1 Å². The highest BCUT2D eigenvalue weighted by molar-refractivity contribution is 6.33. The first-order chi connectivity index (χ1) is 7.66. The van der Waals surface area contributed by atoms with E-state index in [1.807, 2.05) is 0 Å². The maximum atomic E-state index is 13.3. The zero-order valence-corrected chi connectivity index (χ0v) is 9.35. The van der Waals surface area contributed by atoms with Crippen LogP contribution in [0, 0.1) is 11.7 Å². The van der Waals surface area contributed by atoms with Crippen molar-refractivity contribution in [1.29, 1.82) is 0 Å². The van der Waals surface area contributed by atoms with Gasteiger partial charge < -0.3 is 10.6 Å². The van der Waals surface area contributed by atoms with Gasteiger partial charge in [-0.25, -0.2) is 4.39 Å². The summed E-state index contributed by atoms with van der Waals surface area (Å²) in [4.78, 5) is 11.6. The second-order valence-electron chi connectivity index (χ2n) is 3.87. The summed E-state index contributed by atoms with van der Waals surface area (Å²) < 4.78 is 13.3. The zero-order chi connectivity index (χ0) is 11.5. The van der Waals surface area contributed by atoms with Crippen LogP contribution in [0.25, 0.3) is 0 Å². The lowest BCUT2D eigenvalue weighted by atomic mass is 9.99. The monoisotopic (exact) mass is 242 g/mol. The van der Waals surface area contributed by atoms with Crippen molar-refractivity contribution in [2.24, 2.45) is 5.92 Å². The van der Waals surface area contributed by atoms with Gasteiger partial charge in [0.15, 0.2) is 0 Å². The molecule has 0 unspecified atom stereocenters. The molecule has 0 spiro atoms. The summed E-state index contributed by atoms with van der Waals surface area (Å²) in [6.07, 6.45) is 0.400. The first kappa shape index (κ1) is 11.4. The second-order valence-corrected chi connectivity index (χ2v) is 4.28. The molecule has 0 atom stereocenters. The minimum absolute atomic E-state index is 0.0708. The summed E-state index contributed by atoms with van der Waals surface area (Å²) in [5.41, 5.74) is 0.0708. The smallest absolute Gasteiger partial charge is 0.224 e. The molecule has 0 bridgehead atoms. The molecule has 0 saturated carbocycles. The molecule has 0 aliphatic carbocycles. The highest BCUT2D eigenvalue weighted by Gasteiger charge is 2.21. The van der Waals surface area contributed by atoms with Crippen molar-refractivity contribution in [3.05, 3.63) is 29.0 Å². The lowest BCUT2D eigenvalue weighted by Gasteiger charge is -2.26. The van der Waals surface area contributed by atoms with Gasteiger partial charge in [0, 0.05) is 6.42 Å². The number of halogens is 2. The van der Waals surface area contributed by atoms with Crippen molar-refractivity contribution in [3.8, 4) is 0 Å². The van der Waals surface area contributed by atoms with Crippen LogP contribution in [0.15, 0.2) is 18.2 Å². The van der Waals surface area contributed by atoms with E-state index < -0.39 is 5.82 Å². The van der Waals surface area contributed by atoms with Crippen LogP contribution >= 0.6 is 11.6 Å². The number of para-hydroxylation sites is 1. The van der Waals surface area contributed by atoms with Crippen molar-refractivity contribution in [2.45, 2.75) is 6.42 Å². The number of rotatable bonds is 3.